The Kier molecular flexibility index (Phi) is 8.54. The van der Waals surface area contributed by atoms with Gasteiger partial charge in [0.05, 0.1) is 0 Å². The molecule has 0 aromatic carbocycles. The van der Waals surface area contributed by atoms with E-state index in [-0.39, 0.29) is 5.91 Å². The normalized spacial score (nSPS) is 10.9. The average molecular weight is 279 g/mol. The Balaban J connectivity index is 3.50. The van der Waals surface area contributed by atoms with E-state index in [9.17, 15) is 9.59 Å². The van der Waals surface area contributed by atoms with Gasteiger partial charge in [-0.25, -0.2) is 4.79 Å². The Morgan fingerprint density at radius 3 is 2.28 bits per heavy atom. The maximum atomic E-state index is 11.3. The maximum absolute atomic E-state index is 11.3. The number of halogens is 1. The van der Waals surface area contributed by atoms with Gasteiger partial charge in [0.1, 0.15) is 5.60 Å². The Labute approximate surface area is 114 Å². The summed E-state index contributed by atoms with van der Waals surface area (Å²) in [6, 6.07) is 0. The average Bonchev–Trinajstić information content (AvgIpc) is 2.22. The van der Waals surface area contributed by atoms with Crippen LogP contribution < -0.4 is 10.6 Å². The van der Waals surface area contributed by atoms with E-state index >= 15 is 0 Å². The molecule has 0 saturated carbocycles. The Morgan fingerprint density at radius 2 is 1.72 bits per heavy atom. The van der Waals surface area contributed by atoms with Gasteiger partial charge >= 0.3 is 6.09 Å². The highest BCUT2D eigenvalue weighted by Gasteiger charge is 2.15. The molecule has 0 aliphatic heterocycles. The van der Waals surface area contributed by atoms with Gasteiger partial charge in [-0.1, -0.05) is 0 Å². The molecule has 106 valence electrons. The van der Waals surface area contributed by atoms with Gasteiger partial charge in [0.15, 0.2) is 0 Å². The molecule has 0 aromatic rings. The number of hydrogen-bond donors (Lipinski definition) is 2. The predicted octanol–water partition coefficient (Wildman–Crippen LogP) is 2.04. The van der Waals surface area contributed by atoms with Crippen LogP contribution in [0.15, 0.2) is 0 Å². The number of alkyl carbamates (subject to hydrolysis) is 1. The summed E-state index contributed by atoms with van der Waals surface area (Å²) in [5.41, 5.74) is -0.505. The van der Waals surface area contributed by atoms with Crippen LogP contribution in [-0.4, -0.2) is 36.6 Å². The van der Waals surface area contributed by atoms with Gasteiger partial charge in [-0.2, -0.15) is 0 Å². The van der Waals surface area contributed by atoms with Gasteiger partial charge in [-0.3, -0.25) is 4.79 Å². The van der Waals surface area contributed by atoms with Crippen molar-refractivity contribution < 1.29 is 14.3 Å². The molecule has 0 saturated heterocycles. The molecular weight excluding hydrogens is 256 g/mol. The molecule has 0 aliphatic carbocycles. The highest BCUT2D eigenvalue weighted by atomic mass is 35.5. The van der Waals surface area contributed by atoms with Crippen molar-refractivity contribution >= 4 is 23.6 Å². The van der Waals surface area contributed by atoms with Crippen molar-refractivity contribution in [2.45, 2.75) is 45.6 Å². The van der Waals surface area contributed by atoms with Crippen molar-refractivity contribution in [2.75, 3.05) is 19.0 Å². The molecule has 6 heteroatoms. The molecule has 2 amide bonds. The molecule has 0 aromatic heterocycles. The molecule has 5 nitrogen and oxygen atoms in total. The predicted molar refractivity (Wildman–Crippen MR) is 71.8 cm³/mol. The van der Waals surface area contributed by atoms with Crippen molar-refractivity contribution in [3.05, 3.63) is 0 Å². The molecule has 0 rings (SSSR count). The van der Waals surface area contributed by atoms with Crippen molar-refractivity contribution in [3.8, 4) is 0 Å². The van der Waals surface area contributed by atoms with E-state index in [0.717, 1.165) is 12.8 Å². The van der Waals surface area contributed by atoms with Crippen LogP contribution in [0, 0.1) is 0 Å². The molecule has 0 bridgehead atoms. The number of carbonyl (C=O) groups excluding carboxylic acids is 2. The molecule has 0 spiro atoms. The van der Waals surface area contributed by atoms with E-state index < -0.39 is 11.7 Å². The van der Waals surface area contributed by atoms with E-state index in [1.165, 1.54) is 0 Å². The first kappa shape index (κ1) is 17.0. The second-order valence-corrected chi connectivity index (χ2v) is 5.30. The number of amides is 2. The van der Waals surface area contributed by atoms with Gasteiger partial charge in [0.2, 0.25) is 5.91 Å². The number of alkyl halides is 1. The quantitative estimate of drug-likeness (QED) is 0.553. The fraction of sp³-hybridized carbons (Fsp3) is 0.833. The molecule has 0 aliphatic rings. The smallest absolute Gasteiger partial charge is 0.407 e. The summed E-state index contributed by atoms with van der Waals surface area (Å²) in [5, 5.41) is 5.27. The SMILES string of the molecule is CC(C)(C)OC(=O)NCCNC(=O)CCCCCl. The molecule has 2 N–H and O–H groups in total. The first-order valence-electron chi connectivity index (χ1n) is 6.14. The zero-order valence-electron chi connectivity index (χ0n) is 11.3. The molecule has 0 radical (unpaired) electrons. The summed E-state index contributed by atoms with van der Waals surface area (Å²) in [6.45, 7) is 6.15. The lowest BCUT2D eigenvalue weighted by molar-refractivity contribution is -0.121. The summed E-state index contributed by atoms with van der Waals surface area (Å²) in [7, 11) is 0. The third-order valence-electron chi connectivity index (χ3n) is 1.90. The lowest BCUT2D eigenvalue weighted by Gasteiger charge is -2.19. The number of nitrogens with one attached hydrogen (secondary N) is 2. The van der Waals surface area contributed by atoms with Crippen LogP contribution in [0.5, 0.6) is 0 Å². The van der Waals surface area contributed by atoms with Crippen LogP contribution >= 0.6 is 11.6 Å². The van der Waals surface area contributed by atoms with Gasteiger partial charge in [-0.15, -0.1) is 11.6 Å². The number of unbranched alkanes of at least 4 members (excludes halogenated alkanes) is 1. The minimum Gasteiger partial charge on any atom is -0.444 e. The molecule has 0 unspecified atom stereocenters. The van der Waals surface area contributed by atoms with Crippen LogP contribution in [0.2, 0.25) is 0 Å². The zero-order valence-corrected chi connectivity index (χ0v) is 12.1. The summed E-state index contributed by atoms with van der Waals surface area (Å²) in [4.78, 5) is 22.5. The standard InChI is InChI=1S/C12H23ClN2O3/c1-12(2,3)18-11(17)15-9-8-14-10(16)6-4-5-7-13/h4-9H2,1-3H3,(H,14,16)(H,15,17). The van der Waals surface area contributed by atoms with Crippen LogP contribution in [0.25, 0.3) is 0 Å². The Hall–Kier alpha value is -0.970. The fourth-order valence-corrected chi connectivity index (χ4v) is 1.34. The van der Waals surface area contributed by atoms with E-state index in [1.54, 1.807) is 20.8 Å². The third kappa shape index (κ3) is 11.5. The maximum Gasteiger partial charge on any atom is 0.407 e. The van der Waals surface area contributed by atoms with E-state index in [0.29, 0.717) is 25.4 Å². The van der Waals surface area contributed by atoms with Gasteiger partial charge in [-0.05, 0) is 33.6 Å². The van der Waals surface area contributed by atoms with Crippen molar-refractivity contribution in [1.29, 1.82) is 0 Å². The third-order valence-corrected chi connectivity index (χ3v) is 2.17. The minimum atomic E-state index is -0.505. The molecule has 0 atom stereocenters. The lowest BCUT2D eigenvalue weighted by atomic mass is 10.2. The monoisotopic (exact) mass is 278 g/mol. The fourth-order valence-electron chi connectivity index (χ4n) is 1.15. The summed E-state index contributed by atoms with van der Waals surface area (Å²) in [6.07, 6.45) is 1.62. The molecule has 0 fully saturated rings. The highest BCUT2D eigenvalue weighted by Crippen LogP contribution is 2.05. The van der Waals surface area contributed by atoms with Crippen LogP contribution in [0.3, 0.4) is 0 Å². The van der Waals surface area contributed by atoms with Gasteiger partial charge in [0, 0.05) is 25.4 Å². The number of ether oxygens (including phenoxy) is 1. The molecule has 18 heavy (non-hydrogen) atoms. The number of carbonyl (C=O) groups is 2. The van der Waals surface area contributed by atoms with Crippen LogP contribution in [0.4, 0.5) is 4.79 Å². The number of hydrogen-bond acceptors (Lipinski definition) is 3. The summed E-state index contributed by atoms with van der Waals surface area (Å²) in [5.74, 6) is 0.555. The summed E-state index contributed by atoms with van der Waals surface area (Å²) >= 11 is 5.51. The lowest BCUT2D eigenvalue weighted by Crippen LogP contribution is -2.37. The molecular formula is C12H23ClN2O3. The second-order valence-electron chi connectivity index (χ2n) is 4.92. The van der Waals surface area contributed by atoms with E-state index in [2.05, 4.69) is 10.6 Å². The van der Waals surface area contributed by atoms with Gasteiger partial charge in [0.25, 0.3) is 0 Å². The van der Waals surface area contributed by atoms with Crippen LogP contribution in [-0.2, 0) is 9.53 Å². The molecule has 0 heterocycles. The Bertz CT molecular complexity index is 265. The topological polar surface area (TPSA) is 67.4 Å². The first-order valence-corrected chi connectivity index (χ1v) is 6.68. The number of rotatable bonds is 7. The zero-order chi connectivity index (χ0) is 14.0. The Morgan fingerprint density at radius 1 is 1.11 bits per heavy atom. The second kappa shape index (κ2) is 9.03. The summed E-state index contributed by atoms with van der Waals surface area (Å²) < 4.78 is 5.05. The highest BCUT2D eigenvalue weighted by molar-refractivity contribution is 6.17. The van der Waals surface area contributed by atoms with Crippen molar-refractivity contribution in [2.24, 2.45) is 0 Å². The van der Waals surface area contributed by atoms with Crippen molar-refractivity contribution in [3.63, 3.8) is 0 Å². The van der Waals surface area contributed by atoms with Crippen molar-refractivity contribution in [1.82, 2.24) is 10.6 Å². The van der Waals surface area contributed by atoms with E-state index in [4.69, 9.17) is 16.3 Å². The van der Waals surface area contributed by atoms with Gasteiger partial charge < -0.3 is 15.4 Å². The largest absolute Gasteiger partial charge is 0.444 e. The van der Waals surface area contributed by atoms with E-state index in [1.807, 2.05) is 0 Å². The minimum absolute atomic E-state index is 0.0221. The van der Waals surface area contributed by atoms with Crippen LogP contribution in [0.1, 0.15) is 40.0 Å². The first-order chi connectivity index (χ1) is 8.35.